The van der Waals surface area contributed by atoms with Gasteiger partial charge in [-0.2, -0.15) is 5.26 Å². The van der Waals surface area contributed by atoms with Crippen molar-refractivity contribution in [2.24, 2.45) is 0 Å². The highest BCUT2D eigenvalue weighted by atomic mass is 32.2. The molecule has 188 valence electrons. The highest BCUT2D eigenvalue weighted by molar-refractivity contribution is 7.99. The SMILES string of the molecule is CN1CSc2cc(C=Cc3ccc4nccc(C(=O)NCC(=O)N5CC(F)(F)CC5C#N)c4c3)ccc21. The van der Waals surface area contributed by atoms with Crippen molar-refractivity contribution in [1.82, 2.24) is 15.2 Å². The zero-order valence-electron chi connectivity index (χ0n) is 19.9. The van der Waals surface area contributed by atoms with Crippen molar-refractivity contribution < 1.29 is 18.4 Å². The van der Waals surface area contributed by atoms with E-state index in [1.807, 2.05) is 30.4 Å². The molecule has 0 bridgehead atoms. The van der Waals surface area contributed by atoms with Gasteiger partial charge in [0.2, 0.25) is 5.91 Å². The number of carbonyl (C=O) groups excluding carboxylic acids is 2. The third-order valence-electron chi connectivity index (χ3n) is 6.43. The van der Waals surface area contributed by atoms with Gasteiger partial charge < -0.3 is 15.1 Å². The quantitative estimate of drug-likeness (QED) is 0.503. The maximum Gasteiger partial charge on any atom is 0.268 e. The summed E-state index contributed by atoms with van der Waals surface area (Å²) in [4.78, 5) is 34.0. The van der Waals surface area contributed by atoms with E-state index >= 15 is 0 Å². The van der Waals surface area contributed by atoms with E-state index < -0.39 is 43.3 Å². The number of benzene rings is 2. The van der Waals surface area contributed by atoms with Crippen LogP contribution < -0.4 is 10.2 Å². The highest BCUT2D eigenvalue weighted by Gasteiger charge is 2.47. The van der Waals surface area contributed by atoms with Gasteiger partial charge in [0.15, 0.2) is 0 Å². The van der Waals surface area contributed by atoms with Crippen LogP contribution in [0.25, 0.3) is 23.1 Å². The zero-order chi connectivity index (χ0) is 26.2. The van der Waals surface area contributed by atoms with Crippen molar-refractivity contribution in [3.8, 4) is 6.07 Å². The van der Waals surface area contributed by atoms with Gasteiger partial charge in [0.1, 0.15) is 6.04 Å². The summed E-state index contributed by atoms with van der Waals surface area (Å²) < 4.78 is 27.3. The van der Waals surface area contributed by atoms with Crippen molar-refractivity contribution in [2.75, 3.05) is 30.9 Å². The van der Waals surface area contributed by atoms with E-state index in [9.17, 15) is 18.4 Å². The molecule has 1 fully saturated rings. The molecular formula is C27H23F2N5O2S. The molecule has 5 rings (SSSR count). The summed E-state index contributed by atoms with van der Waals surface area (Å²) in [6.45, 7) is -1.31. The molecule has 0 saturated carbocycles. The molecule has 0 radical (unpaired) electrons. The standard InChI is InChI=1S/C27H23F2N5O2S/c1-33-16-37-24-11-18(5-7-23(24)33)3-2-17-4-6-22-21(10-17)20(8-9-31-22)26(36)32-14-25(35)34-15-27(28,29)12-19(34)13-30/h2-11,19H,12,14-16H2,1H3,(H,32,36). The number of nitrogens with one attached hydrogen (secondary N) is 1. The summed E-state index contributed by atoms with van der Waals surface area (Å²) in [7, 11) is 2.06. The molecule has 1 N–H and O–H groups in total. The first-order valence-electron chi connectivity index (χ1n) is 11.6. The van der Waals surface area contributed by atoms with E-state index in [4.69, 9.17) is 5.26 Å². The van der Waals surface area contributed by atoms with Gasteiger partial charge in [-0.25, -0.2) is 8.78 Å². The second-order valence-electron chi connectivity index (χ2n) is 9.08. The molecule has 3 aromatic rings. The molecular weight excluding hydrogens is 496 g/mol. The van der Waals surface area contributed by atoms with Crippen LogP contribution in [0.1, 0.15) is 27.9 Å². The number of hydrogen-bond acceptors (Lipinski definition) is 6. The first kappa shape index (κ1) is 24.7. The second kappa shape index (κ2) is 9.82. The molecule has 1 atom stereocenters. The number of nitrogens with zero attached hydrogens (tertiary/aromatic N) is 4. The van der Waals surface area contributed by atoms with Gasteiger partial charge in [0.05, 0.1) is 41.8 Å². The summed E-state index contributed by atoms with van der Waals surface area (Å²) >= 11 is 1.79. The second-order valence-corrected chi connectivity index (χ2v) is 10.1. The Morgan fingerprint density at radius 1 is 1.22 bits per heavy atom. The normalized spacial score (nSPS) is 18.3. The lowest BCUT2D eigenvalue weighted by Crippen LogP contribution is -2.43. The average Bonchev–Trinajstić information content (AvgIpc) is 3.43. The molecule has 10 heteroatoms. The van der Waals surface area contributed by atoms with Crippen LogP contribution in [-0.2, 0) is 4.79 Å². The lowest BCUT2D eigenvalue weighted by atomic mass is 10.0. The molecule has 2 aliphatic heterocycles. The van der Waals surface area contributed by atoms with Crippen LogP contribution in [0, 0.1) is 11.3 Å². The number of halogens is 2. The van der Waals surface area contributed by atoms with Gasteiger partial charge in [0, 0.05) is 29.9 Å². The first-order chi connectivity index (χ1) is 17.7. The van der Waals surface area contributed by atoms with Gasteiger partial charge in [-0.3, -0.25) is 14.6 Å². The number of aromatic nitrogens is 1. The van der Waals surface area contributed by atoms with E-state index in [2.05, 4.69) is 40.4 Å². The van der Waals surface area contributed by atoms with Crippen LogP contribution in [0.2, 0.25) is 0 Å². The Morgan fingerprint density at radius 2 is 1.97 bits per heavy atom. The van der Waals surface area contributed by atoms with Crippen molar-refractivity contribution in [1.29, 1.82) is 5.26 Å². The Balaban J connectivity index is 1.31. The predicted octanol–water partition coefficient (Wildman–Crippen LogP) is 4.39. The number of nitriles is 1. The molecule has 3 heterocycles. The average molecular weight is 520 g/mol. The highest BCUT2D eigenvalue weighted by Crippen LogP contribution is 2.38. The van der Waals surface area contributed by atoms with Crippen LogP contribution in [0.5, 0.6) is 0 Å². The fourth-order valence-electron chi connectivity index (χ4n) is 4.51. The Morgan fingerprint density at radius 3 is 2.76 bits per heavy atom. The van der Waals surface area contributed by atoms with E-state index in [1.165, 1.54) is 16.8 Å². The number of anilines is 1. The third-order valence-corrected chi connectivity index (χ3v) is 7.58. The molecule has 1 saturated heterocycles. The lowest BCUT2D eigenvalue weighted by molar-refractivity contribution is -0.131. The van der Waals surface area contributed by atoms with Crippen molar-refractivity contribution in [2.45, 2.75) is 23.3 Å². The van der Waals surface area contributed by atoms with Crippen LogP contribution >= 0.6 is 11.8 Å². The Kier molecular flexibility index (Phi) is 6.56. The summed E-state index contributed by atoms with van der Waals surface area (Å²) in [6.07, 6.45) is 4.77. The summed E-state index contributed by atoms with van der Waals surface area (Å²) in [5.74, 6) is -3.43. The number of amides is 2. The van der Waals surface area contributed by atoms with E-state index in [-0.39, 0.29) is 0 Å². The minimum Gasteiger partial charge on any atom is -0.364 e. The Labute approximate surface area is 216 Å². The summed E-state index contributed by atoms with van der Waals surface area (Å²) in [6, 6.07) is 13.9. The summed E-state index contributed by atoms with van der Waals surface area (Å²) in [5.41, 5.74) is 4.07. The number of carbonyl (C=O) groups is 2. The smallest absolute Gasteiger partial charge is 0.268 e. The molecule has 2 amide bonds. The lowest BCUT2D eigenvalue weighted by Gasteiger charge is -2.19. The van der Waals surface area contributed by atoms with E-state index in [1.54, 1.807) is 23.9 Å². The minimum absolute atomic E-state index is 0.314. The number of rotatable bonds is 5. The van der Waals surface area contributed by atoms with Gasteiger partial charge >= 0.3 is 0 Å². The maximum atomic E-state index is 13.7. The maximum absolute atomic E-state index is 13.7. The molecule has 0 aliphatic carbocycles. The van der Waals surface area contributed by atoms with Crippen LogP contribution in [0.4, 0.5) is 14.5 Å². The number of fused-ring (bicyclic) bond motifs is 2. The molecule has 1 unspecified atom stereocenters. The molecule has 0 spiro atoms. The third kappa shape index (κ3) is 5.13. The van der Waals surface area contributed by atoms with E-state index in [0.29, 0.717) is 16.5 Å². The number of pyridine rings is 1. The molecule has 2 aliphatic rings. The fraction of sp³-hybridized carbons (Fsp3) is 0.259. The molecule has 7 nitrogen and oxygen atoms in total. The number of hydrogen-bond donors (Lipinski definition) is 1. The van der Waals surface area contributed by atoms with Crippen molar-refractivity contribution in [3.63, 3.8) is 0 Å². The number of likely N-dealkylation sites (tertiary alicyclic amines) is 1. The van der Waals surface area contributed by atoms with Crippen LogP contribution in [-0.4, -0.2) is 59.7 Å². The first-order valence-corrected chi connectivity index (χ1v) is 12.6. The fourth-order valence-corrected chi connectivity index (χ4v) is 5.57. The predicted molar refractivity (Wildman–Crippen MR) is 139 cm³/mol. The van der Waals surface area contributed by atoms with Gasteiger partial charge in [-0.1, -0.05) is 24.3 Å². The van der Waals surface area contributed by atoms with Crippen LogP contribution in [0.15, 0.2) is 53.6 Å². The molecule has 37 heavy (non-hydrogen) atoms. The zero-order valence-corrected chi connectivity index (χ0v) is 20.8. The largest absolute Gasteiger partial charge is 0.364 e. The Bertz CT molecular complexity index is 1470. The minimum atomic E-state index is -3.11. The monoisotopic (exact) mass is 519 g/mol. The van der Waals surface area contributed by atoms with Gasteiger partial charge in [-0.05, 0) is 41.5 Å². The topological polar surface area (TPSA) is 89.3 Å². The van der Waals surface area contributed by atoms with Gasteiger partial charge in [0.25, 0.3) is 11.8 Å². The number of alkyl halides is 2. The van der Waals surface area contributed by atoms with Crippen LogP contribution in [0.3, 0.4) is 0 Å². The molecule has 1 aromatic heterocycles. The van der Waals surface area contributed by atoms with E-state index in [0.717, 1.165) is 21.9 Å². The van der Waals surface area contributed by atoms with Crippen molar-refractivity contribution in [3.05, 3.63) is 65.4 Å². The van der Waals surface area contributed by atoms with Crippen molar-refractivity contribution >= 4 is 52.3 Å². The van der Waals surface area contributed by atoms with Gasteiger partial charge in [-0.15, -0.1) is 11.8 Å². The number of thioether (sulfide) groups is 1. The Hall–Kier alpha value is -3.97. The molecule has 2 aromatic carbocycles. The summed E-state index contributed by atoms with van der Waals surface area (Å²) in [5, 5.41) is 12.2.